The third-order valence-corrected chi connectivity index (χ3v) is 3.14. The van der Waals surface area contributed by atoms with Crippen LogP contribution in [0.1, 0.15) is 11.3 Å². The second-order valence-electron chi connectivity index (χ2n) is 2.49. The molecule has 1 N–H and O–H groups in total. The monoisotopic (exact) mass is 245 g/mol. The summed E-state index contributed by atoms with van der Waals surface area (Å²) in [6.07, 6.45) is 2.96. The molecule has 0 unspecified atom stereocenters. The Morgan fingerprint density at radius 3 is 3.08 bits per heavy atom. The first-order valence-corrected chi connectivity index (χ1v) is 5.54. The normalized spacial score (nSPS) is 10.1. The Morgan fingerprint density at radius 2 is 2.50 bits per heavy atom. The van der Waals surface area contributed by atoms with E-state index in [4.69, 9.17) is 0 Å². The highest BCUT2D eigenvalue weighted by atomic mass is 79.9. The van der Waals surface area contributed by atoms with E-state index in [0.717, 1.165) is 19.5 Å². The Labute approximate surface area is 85.6 Å². The topological polar surface area (TPSA) is 12.0 Å². The van der Waals surface area contributed by atoms with Gasteiger partial charge in [0, 0.05) is 21.3 Å². The van der Waals surface area contributed by atoms with Crippen LogP contribution in [-0.4, -0.2) is 6.54 Å². The van der Waals surface area contributed by atoms with Crippen LogP contribution in [0.4, 0.5) is 0 Å². The van der Waals surface area contributed by atoms with Gasteiger partial charge in [0.05, 0.1) is 0 Å². The van der Waals surface area contributed by atoms with E-state index in [1.54, 1.807) is 11.3 Å². The smallest absolute Gasteiger partial charge is 0.0300 e. The molecule has 66 valence electrons. The van der Waals surface area contributed by atoms with Gasteiger partial charge in [-0.05, 0) is 35.0 Å². The van der Waals surface area contributed by atoms with Crippen molar-refractivity contribution in [1.29, 1.82) is 0 Å². The van der Waals surface area contributed by atoms with Crippen LogP contribution in [-0.2, 0) is 6.54 Å². The number of nitrogens with one attached hydrogen (secondary N) is 1. The summed E-state index contributed by atoms with van der Waals surface area (Å²) in [6, 6.07) is 2.14. The lowest BCUT2D eigenvalue weighted by Gasteiger charge is -1.98. The molecule has 0 fully saturated rings. The van der Waals surface area contributed by atoms with Gasteiger partial charge in [-0.1, -0.05) is 6.08 Å². The molecule has 0 radical (unpaired) electrons. The van der Waals surface area contributed by atoms with Crippen LogP contribution in [0.15, 0.2) is 28.6 Å². The van der Waals surface area contributed by atoms with E-state index >= 15 is 0 Å². The van der Waals surface area contributed by atoms with E-state index in [-0.39, 0.29) is 0 Å². The van der Waals surface area contributed by atoms with Crippen molar-refractivity contribution in [1.82, 2.24) is 5.32 Å². The zero-order valence-corrected chi connectivity index (χ0v) is 9.25. The number of hydrogen-bond acceptors (Lipinski definition) is 2. The van der Waals surface area contributed by atoms with Crippen LogP contribution in [0.5, 0.6) is 0 Å². The van der Waals surface area contributed by atoms with E-state index in [2.05, 4.69) is 39.3 Å². The molecule has 0 amide bonds. The molecule has 1 nitrogen and oxygen atoms in total. The lowest BCUT2D eigenvalue weighted by Crippen LogP contribution is -2.12. The van der Waals surface area contributed by atoms with E-state index in [1.165, 1.54) is 9.35 Å². The molecule has 0 aliphatic rings. The summed E-state index contributed by atoms with van der Waals surface area (Å²) in [5, 5.41) is 5.44. The number of hydrogen-bond donors (Lipinski definition) is 1. The first-order chi connectivity index (χ1) is 5.83. The van der Waals surface area contributed by atoms with E-state index in [1.807, 2.05) is 6.08 Å². The number of halogens is 1. The maximum atomic E-state index is 3.66. The number of thiophene rings is 1. The molecule has 0 saturated carbocycles. The maximum Gasteiger partial charge on any atom is 0.0300 e. The maximum absolute atomic E-state index is 3.66. The Bertz CT molecular complexity index is 244. The van der Waals surface area contributed by atoms with Gasteiger partial charge in [0.1, 0.15) is 0 Å². The van der Waals surface area contributed by atoms with Crippen LogP contribution >= 0.6 is 27.3 Å². The average molecular weight is 246 g/mol. The summed E-state index contributed by atoms with van der Waals surface area (Å²) >= 11 is 5.19. The van der Waals surface area contributed by atoms with Crippen LogP contribution in [0.2, 0.25) is 0 Å². The fourth-order valence-electron chi connectivity index (χ4n) is 0.862. The van der Waals surface area contributed by atoms with E-state index in [0.29, 0.717) is 0 Å². The zero-order valence-electron chi connectivity index (χ0n) is 6.85. The van der Waals surface area contributed by atoms with Gasteiger partial charge in [-0.2, -0.15) is 0 Å². The molecule has 1 heterocycles. The Kier molecular flexibility index (Phi) is 4.58. The lowest BCUT2D eigenvalue weighted by molar-refractivity contribution is 0.703. The molecule has 1 aromatic rings. The first kappa shape index (κ1) is 9.96. The van der Waals surface area contributed by atoms with Crippen LogP contribution in [0.3, 0.4) is 0 Å². The molecule has 1 aromatic heterocycles. The summed E-state index contributed by atoms with van der Waals surface area (Å²) in [4.78, 5) is 1.37. The highest BCUT2D eigenvalue weighted by Crippen LogP contribution is 2.19. The second-order valence-corrected chi connectivity index (χ2v) is 4.40. The molecule has 0 spiro atoms. The molecule has 0 atom stereocenters. The van der Waals surface area contributed by atoms with Gasteiger partial charge in [0.25, 0.3) is 0 Å². The third kappa shape index (κ3) is 3.52. The largest absolute Gasteiger partial charge is 0.312 e. The Hall–Kier alpha value is -0.120. The van der Waals surface area contributed by atoms with Crippen molar-refractivity contribution in [2.24, 2.45) is 0 Å². The van der Waals surface area contributed by atoms with Crippen molar-refractivity contribution < 1.29 is 0 Å². The fourth-order valence-corrected chi connectivity index (χ4v) is 2.28. The molecular weight excluding hydrogens is 234 g/mol. The predicted octanol–water partition coefficient (Wildman–Crippen LogP) is 3.18. The summed E-state index contributed by atoms with van der Waals surface area (Å²) in [6.45, 7) is 5.64. The predicted molar refractivity (Wildman–Crippen MR) is 58.5 cm³/mol. The van der Waals surface area contributed by atoms with E-state index < -0.39 is 0 Å². The van der Waals surface area contributed by atoms with Crippen molar-refractivity contribution in [2.45, 2.75) is 13.0 Å². The molecule has 1 rings (SSSR count). The molecule has 3 heteroatoms. The minimum Gasteiger partial charge on any atom is -0.312 e. The van der Waals surface area contributed by atoms with Crippen molar-refractivity contribution in [2.75, 3.05) is 6.54 Å². The van der Waals surface area contributed by atoms with Gasteiger partial charge in [0.2, 0.25) is 0 Å². The van der Waals surface area contributed by atoms with Gasteiger partial charge >= 0.3 is 0 Å². The summed E-state index contributed by atoms with van der Waals surface area (Å²) in [5.41, 5.74) is 0. The second kappa shape index (κ2) is 5.51. The molecule has 0 aliphatic carbocycles. The molecule has 0 aliphatic heterocycles. The highest BCUT2D eigenvalue weighted by Gasteiger charge is 1.95. The van der Waals surface area contributed by atoms with Crippen molar-refractivity contribution in [3.8, 4) is 0 Å². The lowest BCUT2D eigenvalue weighted by atomic mass is 10.4. The van der Waals surface area contributed by atoms with Crippen LogP contribution in [0.25, 0.3) is 0 Å². The van der Waals surface area contributed by atoms with Crippen LogP contribution < -0.4 is 5.32 Å². The summed E-state index contributed by atoms with van der Waals surface area (Å²) in [5.74, 6) is 0. The van der Waals surface area contributed by atoms with Gasteiger partial charge < -0.3 is 5.32 Å². The summed E-state index contributed by atoms with van der Waals surface area (Å²) < 4.78 is 1.17. The van der Waals surface area contributed by atoms with Gasteiger partial charge in [-0.25, -0.2) is 0 Å². The zero-order chi connectivity index (χ0) is 8.81. The average Bonchev–Trinajstić information content (AvgIpc) is 2.45. The molecule has 0 bridgehead atoms. The standard InChI is InChI=1S/C9H12BrNS/c1-2-3-4-11-6-9-5-8(10)7-12-9/h2,5,7,11H,1,3-4,6H2. The Balaban J connectivity index is 2.19. The molecule has 0 saturated heterocycles. The van der Waals surface area contributed by atoms with Gasteiger partial charge in [-0.3, -0.25) is 0 Å². The minimum atomic E-state index is 0.962. The molecule has 0 aromatic carbocycles. The SMILES string of the molecule is C=CCCNCc1cc(Br)cs1. The Morgan fingerprint density at radius 1 is 1.67 bits per heavy atom. The highest BCUT2D eigenvalue weighted by molar-refractivity contribution is 9.10. The van der Waals surface area contributed by atoms with Crippen molar-refractivity contribution in [3.63, 3.8) is 0 Å². The van der Waals surface area contributed by atoms with E-state index in [9.17, 15) is 0 Å². The molecule has 12 heavy (non-hydrogen) atoms. The fraction of sp³-hybridized carbons (Fsp3) is 0.333. The third-order valence-electron chi connectivity index (χ3n) is 1.45. The minimum absolute atomic E-state index is 0.962. The van der Waals surface area contributed by atoms with Crippen molar-refractivity contribution in [3.05, 3.63) is 33.5 Å². The number of rotatable bonds is 5. The van der Waals surface area contributed by atoms with Gasteiger partial charge in [0.15, 0.2) is 0 Å². The van der Waals surface area contributed by atoms with Gasteiger partial charge in [-0.15, -0.1) is 17.9 Å². The van der Waals surface area contributed by atoms with Crippen molar-refractivity contribution >= 4 is 27.3 Å². The van der Waals surface area contributed by atoms with Crippen LogP contribution in [0, 0.1) is 0 Å². The first-order valence-electron chi connectivity index (χ1n) is 3.87. The quantitative estimate of drug-likeness (QED) is 0.621. The summed E-state index contributed by atoms with van der Waals surface area (Å²) in [7, 11) is 0. The molecular formula is C9H12BrNS.